The first-order valence-electron chi connectivity index (χ1n) is 9.33. The Morgan fingerprint density at radius 1 is 0.720 bits per heavy atom. The Bertz CT molecular complexity index is 768. The molecule has 0 spiro atoms. The molecule has 0 bridgehead atoms. The van der Waals surface area contributed by atoms with E-state index in [4.69, 9.17) is 5.11 Å². The third kappa shape index (κ3) is 5.09. The van der Waals surface area contributed by atoms with E-state index in [1.807, 2.05) is 12.1 Å². The van der Waals surface area contributed by atoms with E-state index in [2.05, 4.69) is 70.2 Å². The van der Waals surface area contributed by atoms with Gasteiger partial charge in [-0.25, -0.2) is 0 Å². The standard InChI is InChI=1S/C14H16.C10H14O/c1-3-11(2)13-10-6-8-12-7-4-5-9-14(12)13;1-3-8(2)9-4-6-10(11)7-5-9/h4-11H,3H2,1-2H3;4-8,11H,3H2,1-2H3. The van der Waals surface area contributed by atoms with E-state index in [1.165, 1.54) is 28.3 Å². The van der Waals surface area contributed by atoms with E-state index in [9.17, 15) is 0 Å². The Balaban J connectivity index is 0.000000186. The van der Waals surface area contributed by atoms with Gasteiger partial charge >= 0.3 is 0 Å². The summed E-state index contributed by atoms with van der Waals surface area (Å²) in [6.45, 7) is 8.89. The van der Waals surface area contributed by atoms with Crippen LogP contribution in [0, 0.1) is 0 Å². The van der Waals surface area contributed by atoms with Crippen molar-refractivity contribution in [2.45, 2.75) is 52.4 Å². The first-order valence-corrected chi connectivity index (χ1v) is 9.33. The molecule has 0 aliphatic heterocycles. The summed E-state index contributed by atoms with van der Waals surface area (Å²) in [5, 5.41) is 11.8. The largest absolute Gasteiger partial charge is 0.508 e. The van der Waals surface area contributed by atoms with Crippen molar-refractivity contribution in [2.75, 3.05) is 0 Å². The molecule has 0 aliphatic rings. The third-order valence-electron chi connectivity index (χ3n) is 5.04. The molecule has 1 heteroatoms. The van der Waals surface area contributed by atoms with Crippen LogP contribution in [0.4, 0.5) is 0 Å². The van der Waals surface area contributed by atoms with Crippen LogP contribution < -0.4 is 0 Å². The smallest absolute Gasteiger partial charge is 0.115 e. The average molecular weight is 335 g/mol. The monoisotopic (exact) mass is 334 g/mol. The summed E-state index contributed by atoms with van der Waals surface area (Å²) >= 11 is 0. The van der Waals surface area contributed by atoms with Crippen LogP contribution in [0.2, 0.25) is 0 Å². The van der Waals surface area contributed by atoms with E-state index in [1.54, 1.807) is 12.1 Å². The Morgan fingerprint density at radius 3 is 1.96 bits per heavy atom. The lowest BCUT2D eigenvalue weighted by atomic mass is 9.93. The molecule has 0 fully saturated rings. The highest BCUT2D eigenvalue weighted by Crippen LogP contribution is 2.27. The molecule has 2 unspecified atom stereocenters. The molecule has 132 valence electrons. The zero-order chi connectivity index (χ0) is 18.2. The van der Waals surface area contributed by atoms with Gasteiger partial charge in [-0.3, -0.25) is 0 Å². The molecule has 3 rings (SSSR count). The van der Waals surface area contributed by atoms with Crippen molar-refractivity contribution in [2.24, 2.45) is 0 Å². The minimum absolute atomic E-state index is 0.344. The molecule has 2 atom stereocenters. The lowest BCUT2D eigenvalue weighted by Crippen LogP contribution is -1.92. The van der Waals surface area contributed by atoms with Gasteiger partial charge in [0, 0.05) is 0 Å². The highest BCUT2D eigenvalue weighted by Gasteiger charge is 2.06. The lowest BCUT2D eigenvalue weighted by Gasteiger charge is -2.12. The molecule has 3 aromatic carbocycles. The fourth-order valence-corrected chi connectivity index (χ4v) is 2.94. The second kappa shape index (κ2) is 9.27. The fraction of sp³-hybridized carbons (Fsp3) is 0.333. The maximum Gasteiger partial charge on any atom is 0.115 e. The molecule has 3 aromatic rings. The lowest BCUT2D eigenvalue weighted by molar-refractivity contribution is 0.475. The van der Waals surface area contributed by atoms with Gasteiger partial charge < -0.3 is 5.11 Å². The van der Waals surface area contributed by atoms with Crippen LogP contribution in [-0.2, 0) is 0 Å². The molecule has 1 N–H and O–H groups in total. The zero-order valence-corrected chi connectivity index (χ0v) is 15.9. The number of aromatic hydroxyl groups is 1. The fourth-order valence-electron chi connectivity index (χ4n) is 2.94. The van der Waals surface area contributed by atoms with Gasteiger partial charge in [-0.2, -0.15) is 0 Å². The van der Waals surface area contributed by atoms with Crippen LogP contribution in [0.1, 0.15) is 63.5 Å². The molecule has 0 heterocycles. The Hall–Kier alpha value is -2.28. The molecule has 0 saturated carbocycles. The molecule has 0 saturated heterocycles. The highest BCUT2D eigenvalue weighted by atomic mass is 16.3. The first kappa shape index (κ1) is 19.1. The Morgan fingerprint density at radius 2 is 1.32 bits per heavy atom. The van der Waals surface area contributed by atoms with E-state index in [-0.39, 0.29) is 0 Å². The van der Waals surface area contributed by atoms with Crippen LogP contribution in [0.3, 0.4) is 0 Å². The van der Waals surface area contributed by atoms with Gasteiger partial charge in [0.2, 0.25) is 0 Å². The molecule has 0 radical (unpaired) electrons. The second-order valence-electron chi connectivity index (χ2n) is 6.78. The van der Waals surface area contributed by atoms with Gasteiger partial charge in [-0.05, 0) is 58.7 Å². The SMILES string of the molecule is CCC(C)c1ccc(O)cc1.CCC(C)c1cccc2ccccc12. The van der Waals surface area contributed by atoms with Crippen molar-refractivity contribution in [1.82, 2.24) is 0 Å². The van der Waals surface area contributed by atoms with Gasteiger partial charge in [-0.15, -0.1) is 0 Å². The Kier molecular flexibility index (Phi) is 7.06. The first-order chi connectivity index (χ1) is 12.1. The van der Waals surface area contributed by atoms with Crippen molar-refractivity contribution in [3.63, 3.8) is 0 Å². The number of benzene rings is 3. The number of rotatable bonds is 4. The molecule has 0 aliphatic carbocycles. The van der Waals surface area contributed by atoms with Crippen LogP contribution in [0.5, 0.6) is 5.75 Å². The molecule has 25 heavy (non-hydrogen) atoms. The third-order valence-corrected chi connectivity index (χ3v) is 5.04. The van der Waals surface area contributed by atoms with Gasteiger partial charge in [0.25, 0.3) is 0 Å². The summed E-state index contributed by atoms with van der Waals surface area (Å²) in [7, 11) is 0. The van der Waals surface area contributed by atoms with Crippen LogP contribution >= 0.6 is 0 Å². The minimum atomic E-state index is 0.344. The van der Waals surface area contributed by atoms with Crippen LogP contribution in [0.25, 0.3) is 10.8 Å². The van der Waals surface area contributed by atoms with Gasteiger partial charge in [-0.1, -0.05) is 82.3 Å². The maximum atomic E-state index is 9.01. The van der Waals surface area contributed by atoms with Gasteiger partial charge in [0.05, 0.1) is 0 Å². The summed E-state index contributed by atoms with van der Waals surface area (Å²) < 4.78 is 0. The maximum absolute atomic E-state index is 9.01. The zero-order valence-electron chi connectivity index (χ0n) is 15.9. The summed E-state index contributed by atoms with van der Waals surface area (Å²) in [5.41, 5.74) is 2.77. The van der Waals surface area contributed by atoms with Crippen molar-refractivity contribution in [3.8, 4) is 5.75 Å². The minimum Gasteiger partial charge on any atom is -0.508 e. The highest BCUT2D eigenvalue weighted by molar-refractivity contribution is 5.86. The number of phenols is 1. The van der Waals surface area contributed by atoms with Gasteiger partial charge in [0.1, 0.15) is 5.75 Å². The van der Waals surface area contributed by atoms with E-state index in [0.29, 0.717) is 17.6 Å². The molecular formula is C24H30O. The summed E-state index contributed by atoms with van der Waals surface area (Å²) in [6, 6.07) is 22.6. The molecule has 1 nitrogen and oxygen atoms in total. The topological polar surface area (TPSA) is 20.2 Å². The number of phenolic OH excluding ortho intramolecular Hbond substituents is 1. The Labute approximate surface area is 152 Å². The van der Waals surface area contributed by atoms with Crippen molar-refractivity contribution < 1.29 is 5.11 Å². The van der Waals surface area contributed by atoms with E-state index < -0.39 is 0 Å². The van der Waals surface area contributed by atoms with E-state index in [0.717, 1.165) is 6.42 Å². The predicted octanol–water partition coefficient (Wildman–Crippen LogP) is 7.26. The molecular weight excluding hydrogens is 304 g/mol. The van der Waals surface area contributed by atoms with Crippen molar-refractivity contribution >= 4 is 10.8 Å². The van der Waals surface area contributed by atoms with Crippen LogP contribution in [0.15, 0.2) is 66.7 Å². The number of hydrogen-bond acceptors (Lipinski definition) is 1. The van der Waals surface area contributed by atoms with E-state index >= 15 is 0 Å². The van der Waals surface area contributed by atoms with Crippen molar-refractivity contribution in [3.05, 3.63) is 77.9 Å². The van der Waals surface area contributed by atoms with Gasteiger partial charge in [0.15, 0.2) is 0 Å². The summed E-state index contributed by atoms with van der Waals surface area (Å²) in [4.78, 5) is 0. The van der Waals surface area contributed by atoms with Crippen molar-refractivity contribution in [1.29, 1.82) is 0 Å². The summed E-state index contributed by atoms with van der Waals surface area (Å²) in [6.07, 6.45) is 2.35. The number of fused-ring (bicyclic) bond motifs is 1. The molecule has 0 aromatic heterocycles. The van der Waals surface area contributed by atoms with Crippen LogP contribution in [-0.4, -0.2) is 5.11 Å². The quantitative estimate of drug-likeness (QED) is 0.532. The summed E-state index contributed by atoms with van der Waals surface area (Å²) in [5.74, 6) is 1.59. The second-order valence-corrected chi connectivity index (χ2v) is 6.78. The normalized spacial score (nSPS) is 13.0. The number of hydrogen-bond donors (Lipinski definition) is 1. The predicted molar refractivity (Wildman–Crippen MR) is 109 cm³/mol. The average Bonchev–Trinajstić information content (AvgIpc) is 2.67. The molecule has 0 amide bonds.